The van der Waals surface area contributed by atoms with Gasteiger partial charge in [-0.3, -0.25) is 9.36 Å². The third-order valence-corrected chi connectivity index (χ3v) is 21.2. The van der Waals surface area contributed by atoms with Crippen LogP contribution in [-0.4, -0.2) is 85.6 Å². The second-order valence-corrected chi connectivity index (χ2v) is 26.3. The number of benzene rings is 7. The maximum absolute atomic E-state index is 13.5. The minimum Gasteiger partial charge on any atom is -0.497 e. The number of unbranched alkanes of at least 4 members (excludes halogenated alkanes) is 1. The fourth-order valence-corrected chi connectivity index (χ4v) is 16.7. The van der Waals surface area contributed by atoms with Crippen LogP contribution in [0.4, 0.5) is 5.82 Å². The Morgan fingerprint density at radius 2 is 1.29 bits per heavy atom. The molecule has 0 amide bonds. The highest BCUT2D eigenvalue weighted by Crippen LogP contribution is 2.47. The van der Waals surface area contributed by atoms with E-state index in [4.69, 9.17) is 54.3 Å². The minimum absolute atomic E-state index is 0.0195. The Labute approximate surface area is 480 Å². The number of nitrogen functional groups attached to an aromatic ring is 1. The van der Waals surface area contributed by atoms with Crippen LogP contribution in [0.2, 0.25) is 5.04 Å². The van der Waals surface area contributed by atoms with Crippen molar-refractivity contribution in [3.05, 3.63) is 228 Å². The average Bonchev–Trinajstić information content (AvgIpc) is 4.33. The van der Waals surface area contributed by atoms with Crippen LogP contribution in [0.25, 0.3) is 22.3 Å². The number of carbonyl (C=O) groups is 1. The summed E-state index contributed by atoms with van der Waals surface area (Å²) in [5, 5.41) is 1.73. The molecule has 0 spiro atoms. The van der Waals surface area contributed by atoms with Gasteiger partial charge in [-0.1, -0.05) is 178 Å². The number of methoxy groups -OCH3 is 2. The molecule has 1 aliphatic heterocycles. The lowest BCUT2D eigenvalue weighted by molar-refractivity contribution is -0.146. The molecule has 11 rings (SSSR count). The van der Waals surface area contributed by atoms with E-state index in [1.807, 2.05) is 95.6 Å². The highest BCUT2D eigenvalue weighted by atomic mass is 28.4. The zero-order valence-electron chi connectivity index (χ0n) is 47.0. The summed E-state index contributed by atoms with van der Waals surface area (Å²) >= 11 is 0. The van der Waals surface area contributed by atoms with Crippen molar-refractivity contribution in [2.75, 3.05) is 33.2 Å². The normalized spacial score (nSPS) is 17.3. The lowest BCUT2D eigenvalue weighted by Gasteiger charge is -2.46. The molecule has 1 fully saturated rings. The zero-order chi connectivity index (χ0) is 56.8. The number of nitrogens with two attached hydrogens (primary N) is 2. The van der Waals surface area contributed by atoms with E-state index in [-0.39, 0.29) is 25.6 Å². The number of nitrogens with zero attached hydrogens (tertiary/aromatic N) is 4. The first-order valence-electron chi connectivity index (χ1n) is 28.0. The Morgan fingerprint density at radius 1 is 0.695 bits per heavy atom. The fourth-order valence-electron chi connectivity index (χ4n) is 12.0. The van der Waals surface area contributed by atoms with E-state index in [1.165, 1.54) is 28.6 Å². The third kappa shape index (κ3) is 10.8. The number of hydrogen-bond donors (Lipinski definition) is 2. The zero-order valence-corrected chi connectivity index (χ0v) is 48.0. The fraction of sp³-hybridized carbons (Fsp3) is 0.284. The van der Waals surface area contributed by atoms with Gasteiger partial charge >= 0.3 is 5.97 Å². The predicted molar refractivity (Wildman–Crippen MR) is 320 cm³/mol. The third-order valence-electron chi connectivity index (χ3n) is 16.2. The summed E-state index contributed by atoms with van der Waals surface area (Å²) in [5.74, 6) is 1.21. The molecule has 7 aromatic carbocycles. The molecular weight excluding hydrogens is 1040 g/mol. The summed E-state index contributed by atoms with van der Waals surface area (Å²) in [6.45, 7) is 7.21. The van der Waals surface area contributed by atoms with Gasteiger partial charge in [0.15, 0.2) is 17.7 Å². The number of carbonyl (C=O) groups excluding carboxylic acids is 1. The van der Waals surface area contributed by atoms with Crippen molar-refractivity contribution < 1.29 is 37.6 Å². The smallest absolute Gasteiger partial charge is 0.323 e. The monoisotopic (exact) mass is 1110 g/mol. The van der Waals surface area contributed by atoms with Crippen molar-refractivity contribution in [1.82, 2.24) is 19.5 Å². The number of anilines is 1. The van der Waals surface area contributed by atoms with Gasteiger partial charge in [0.2, 0.25) is 0 Å². The van der Waals surface area contributed by atoms with E-state index < -0.39 is 55.5 Å². The second kappa shape index (κ2) is 24.2. The molecular formula is C67H70N6O8Si. The molecule has 3 unspecified atom stereocenters. The van der Waals surface area contributed by atoms with Crippen LogP contribution in [0.3, 0.4) is 0 Å². The molecule has 2 aliphatic rings. The van der Waals surface area contributed by atoms with Gasteiger partial charge in [0.1, 0.15) is 59.9 Å². The highest BCUT2D eigenvalue weighted by Gasteiger charge is 2.58. The Balaban J connectivity index is 0.948. The maximum Gasteiger partial charge on any atom is 0.323 e. The summed E-state index contributed by atoms with van der Waals surface area (Å²) in [6, 6.07) is 61.0. The van der Waals surface area contributed by atoms with Crippen molar-refractivity contribution in [1.29, 1.82) is 0 Å². The summed E-state index contributed by atoms with van der Waals surface area (Å²) in [4.78, 5) is 27.3. The van der Waals surface area contributed by atoms with Gasteiger partial charge in [0.05, 0.1) is 27.2 Å². The first-order chi connectivity index (χ1) is 39.9. The van der Waals surface area contributed by atoms with Crippen LogP contribution in [0.5, 0.6) is 11.5 Å². The predicted octanol–water partition coefficient (Wildman–Crippen LogP) is 10.5. The molecule has 4 N–H and O–H groups in total. The molecule has 5 atom stereocenters. The molecule has 0 radical (unpaired) electrons. The largest absolute Gasteiger partial charge is 0.497 e. The van der Waals surface area contributed by atoms with Crippen LogP contribution >= 0.6 is 0 Å². The van der Waals surface area contributed by atoms with E-state index in [0.29, 0.717) is 41.9 Å². The van der Waals surface area contributed by atoms with Crippen molar-refractivity contribution >= 4 is 41.6 Å². The molecule has 82 heavy (non-hydrogen) atoms. The molecule has 1 saturated heterocycles. The van der Waals surface area contributed by atoms with Crippen LogP contribution in [0, 0.1) is 0 Å². The van der Waals surface area contributed by atoms with Crippen molar-refractivity contribution in [3.8, 4) is 22.6 Å². The molecule has 420 valence electrons. The summed E-state index contributed by atoms with van der Waals surface area (Å²) in [6.07, 6.45) is 2.24. The van der Waals surface area contributed by atoms with E-state index in [1.54, 1.807) is 20.5 Å². The number of hydrogen-bond acceptors (Lipinski definition) is 13. The van der Waals surface area contributed by atoms with Gasteiger partial charge in [-0.05, 0) is 110 Å². The van der Waals surface area contributed by atoms with Gasteiger partial charge in [0, 0.05) is 6.61 Å². The molecule has 14 nitrogen and oxygen atoms in total. The minimum atomic E-state index is -3.38. The second-order valence-electron chi connectivity index (χ2n) is 22.0. The molecule has 0 saturated carbocycles. The van der Waals surface area contributed by atoms with Gasteiger partial charge in [0.25, 0.3) is 8.32 Å². The van der Waals surface area contributed by atoms with Gasteiger partial charge in [-0.15, -0.1) is 0 Å². The van der Waals surface area contributed by atoms with Crippen molar-refractivity contribution in [2.24, 2.45) is 5.73 Å². The topological polar surface area (TPSA) is 177 Å². The van der Waals surface area contributed by atoms with Crippen LogP contribution in [-0.2, 0) is 46.8 Å². The van der Waals surface area contributed by atoms with E-state index in [0.717, 1.165) is 39.0 Å². The maximum atomic E-state index is 13.5. The Morgan fingerprint density at radius 3 is 1.93 bits per heavy atom. The number of imidazole rings is 1. The number of rotatable bonds is 22. The number of ether oxygens (including phenoxy) is 6. The lowest BCUT2D eigenvalue weighted by Crippen LogP contribution is -2.69. The van der Waals surface area contributed by atoms with Crippen LogP contribution in [0.1, 0.15) is 79.6 Å². The van der Waals surface area contributed by atoms with Crippen LogP contribution in [0.15, 0.2) is 195 Å². The number of esters is 1. The Kier molecular flexibility index (Phi) is 16.5. The molecule has 3 heterocycles. The molecule has 0 bridgehead atoms. The van der Waals surface area contributed by atoms with E-state index in [9.17, 15) is 4.79 Å². The SMILES string of the molecule is COc1ccc(C(OC[C@H]2O[C@@H](n3cnc4c(N)ncnc43)C(OCCCCC(N)C(=O)OCc3cccc4c3Cc3ccccc3-4)C2O[Si](c2ccccc2)(c2ccccc2)C(C)(C)C)(c2ccccc2)c2ccc(OC)cc2)cc1. The average molecular weight is 1120 g/mol. The summed E-state index contributed by atoms with van der Waals surface area (Å²) in [7, 11) is -0.0682. The lowest BCUT2D eigenvalue weighted by atomic mass is 9.80. The quantitative estimate of drug-likeness (QED) is 0.0284. The highest BCUT2D eigenvalue weighted by molar-refractivity contribution is 6.99. The van der Waals surface area contributed by atoms with Gasteiger partial charge in [-0.25, -0.2) is 15.0 Å². The number of fused-ring (bicyclic) bond motifs is 4. The van der Waals surface area contributed by atoms with E-state index >= 15 is 0 Å². The standard InChI is InChI=1S/C67H70N6O8Si/c1-66(2,3)82(52-24-11-7-12-25-52,53-26-13-8-14-27-53)81-60-58(42-79-67(47-22-9-6-10-23-47,48-31-35-50(75-4)36-32-48)49-33-37-51(76-5)38-34-49)80-64(73-44-72-59-62(69)70-43-71-63(59)73)61(60)77-39-18-17-30-57(68)65(74)78-41-46-21-19-29-55-54-28-16-15-20-45(54)40-56(46)55/h6-16,19-29,31-38,43-44,57-58,60-61,64H,17-18,30,39-42,68H2,1-5H3,(H2,69,70,71)/t57?,58-,60?,61?,64-/m1/s1. The van der Waals surface area contributed by atoms with Crippen molar-refractivity contribution in [2.45, 2.75) is 94.3 Å². The van der Waals surface area contributed by atoms with Crippen LogP contribution < -0.4 is 31.3 Å². The molecule has 2 aromatic heterocycles. The van der Waals surface area contributed by atoms with E-state index in [2.05, 4.69) is 117 Å². The molecule has 1 aliphatic carbocycles. The first-order valence-corrected chi connectivity index (χ1v) is 29.9. The van der Waals surface area contributed by atoms with Gasteiger partial charge in [-0.2, -0.15) is 0 Å². The Bertz CT molecular complexity index is 3510. The Hall–Kier alpha value is -8.02. The van der Waals surface area contributed by atoms with Crippen molar-refractivity contribution in [3.63, 3.8) is 0 Å². The summed E-state index contributed by atoms with van der Waals surface area (Å²) < 4.78 is 49.8. The number of aromatic nitrogens is 4. The van der Waals surface area contributed by atoms with Gasteiger partial charge < -0.3 is 44.3 Å². The summed E-state index contributed by atoms with van der Waals surface area (Å²) in [5.41, 5.74) is 21.2. The first kappa shape index (κ1) is 55.9. The molecule has 9 aromatic rings. The molecule has 15 heteroatoms.